The van der Waals surface area contributed by atoms with Crippen LogP contribution in [0.15, 0.2) is 58.5 Å². The van der Waals surface area contributed by atoms with E-state index in [4.69, 9.17) is 14.7 Å². The quantitative estimate of drug-likeness (QED) is 0.495. The summed E-state index contributed by atoms with van der Waals surface area (Å²) in [5, 5.41) is 1.02. The first-order valence-corrected chi connectivity index (χ1v) is 12.7. The SMILES string of the molecule is COc1ccc(N2C(SC)=NC(=Nc3ccc(C)cc3)C23CCC(C(C)(C)C)CC3)cc1. The normalized spacial score (nSPS) is 24.8. The zero-order valence-electron chi connectivity index (χ0n) is 20.2. The molecule has 0 N–H and O–H groups in total. The van der Waals surface area contributed by atoms with Crippen molar-refractivity contribution in [3.05, 3.63) is 54.1 Å². The third-order valence-corrected chi connectivity index (χ3v) is 7.70. The van der Waals surface area contributed by atoms with Crippen molar-refractivity contribution in [2.45, 2.75) is 58.9 Å². The molecule has 0 aromatic heterocycles. The fraction of sp³-hybridized carbons (Fsp3) is 0.481. The molecular formula is C27H35N3OS. The summed E-state index contributed by atoms with van der Waals surface area (Å²) in [7, 11) is 1.71. The van der Waals surface area contributed by atoms with Crippen LogP contribution in [0.3, 0.4) is 0 Å². The number of hydrogen-bond acceptors (Lipinski definition) is 4. The molecule has 2 aromatic rings. The second kappa shape index (κ2) is 8.93. The number of aryl methyl sites for hydroxylation is 1. The van der Waals surface area contributed by atoms with E-state index in [0.717, 1.165) is 41.0 Å². The van der Waals surface area contributed by atoms with Gasteiger partial charge in [-0.3, -0.25) is 0 Å². The number of methoxy groups -OCH3 is 1. The Hall–Kier alpha value is -2.27. The monoisotopic (exact) mass is 449 g/mol. The van der Waals surface area contributed by atoms with E-state index in [1.807, 2.05) is 12.1 Å². The maximum atomic E-state index is 5.41. The molecular weight excluding hydrogens is 414 g/mol. The summed E-state index contributed by atoms with van der Waals surface area (Å²) >= 11 is 1.70. The molecule has 1 saturated carbocycles. The van der Waals surface area contributed by atoms with Gasteiger partial charge in [-0.2, -0.15) is 0 Å². The minimum absolute atomic E-state index is 0.209. The topological polar surface area (TPSA) is 37.2 Å². The van der Waals surface area contributed by atoms with Crippen LogP contribution in [-0.4, -0.2) is 29.9 Å². The van der Waals surface area contributed by atoms with Crippen molar-refractivity contribution < 1.29 is 4.74 Å². The molecule has 170 valence electrons. The molecule has 0 atom stereocenters. The Bertz CT molecular complexity index is 995. The molecule has 1 aliphatic carbocycles. The highest BCUT2D eigenvalue weighted by Gasteiger charge is 2.51. The van der Waals surface area contributed by atoms with E-state index in [-0.39, 0.29) is 5.54 Å². The van der Waals surface area contributed by atoms with Gasteiger partial charge in [-0.05, 0) is 86.6 Å². The Morgan fingerprint density at radius 2 is 1.66 bits per heavy atom. The van der Waals surface area contributed by atoms with Crippen LogP contribution in [0.5, 0.6) is 5.75 Å². The lowest BCUT2D eigenvalue weighted by Crippen LogP contribution is -2.54. The number of nitrogens with zero attached hydrogens (tertiary/aromatic N) is 3. The molecule has 5 heteroatoms. The van der Waals surface area contributed by atoms with Crippen molar-refractivity contribution in [3.63, 3.8) is 0 Å². The van der Waals surface area contributed by atoms with Gasteiger partial charge in [0.1, 0.15) is 11.3 Å². The average molecular weight is 450 g/mol. The predicted molar refractivity (Wildman–Crippen MR) is 139 cm³/mol. The first kappa shape index (κ1) is 22.9. The molecule has 1 spiro atoms. The summed E-state index contributed by atoms with van der Waals surface area (Å²) in [6.45, 7) is 9.22. The second-order valence-corrected chi connectivity index (χ2v) is 10.8. The number of aliphatic imine (C=N–C) groups is 2. The Morgan fingerprint density at radius 1 is 1.03 bits per heavy atom. The van der Waals surface area contributed by atoms with Crippen LogP contribution in [0.25, 0.3) is 0 Å². The van der Waals surface area contributed by atoms with Gasteiger partial charge in [0, 0.05) is 5.69 Å². The van der Waals surface area contributed by atoms with Crippen molar-refractivity contribution in [2.75, 3.05) is 18.3 Å². The molecule has 0 radical (unpaired) electrons. The van der Waals surface area contributed by atoms with Gasteiger partial charge in [-0.1, -0.05) is 50.2 Å². The summed E-state index contributed by atoms with van der Waals surface area (Å²) < 4.78 is 5.41. The van der Waals surface area contributed by atoms with E-state index in [9.17, 15) is 0 Å². The fourth-order valence-electron chi connectivity index (χ4n) is 5.03. The summed E-state index contributed by atoms with van der Waals surface area (Å²) in [4.78, 5) is 12.7. The number of amidine groups is 2. The van der Waals surface area contributed by atoms with Gasteiger partial charge in [0.25, 0.3) is 0 Å². The van der Waals surface area contributed by atoms with Crippen LogP contribution in [0.1, 0.15) is 52.0 Å². The molecule has 4 rings (SSSR count). The number of hydrogen-bond donors (Lipinski definition) is 0. The summed E-state index contributed by atoms with van der Waals surface area (Å²) in [5.41, 5.74) is 3.49. The lowest BCUT2D eigenvalue weighted by Gasteiger charge is -2.47. The number of benzene rings is 2. The van der Waals surface area contributed by atoms with E-state index in [1.165, 1.54) is 18.4 Å². The van der Waals surface area contributed by atoms with Crippen molar-refractivity contribution in [1.82, 2.24) is 0 Å². The number of rotatable bonds is 3. The molecule has 0 bridgehead atoms. The van der Waals surface area contributed by atoms with Crippen LogP contribution in [0.4, 0.5) is 11.4 Å². The van der Waals surface area contributed by atoms with Gasteiger partial charge in [0.15, 0.2) is 11.0 Å². The fourth-order valence-corrected chi connectivity index (χ4v) is 5.67. The van der Waals surface area contributed by atoms with Gasteiger partial charge < -0.3 is 9.64 Å². The van der Waals surface area contributed by atoms with E-state index < -0.39 is 0 Å². The molecule has 1 fully saturated rings. The molecule has 2 aliphatic rings. The van der Waals surface area contributed by atoms with Crippen LogP contribution >= 0.6 is 11.8 Å². The molecule has 0 amide bonds. The molecule has 4 nitrogen and oxygen atoms in total. The Morgan fingerprint density at radius 3 is 2.19 bits per heavy atom. The Labute approximate surface area is 197 Å². The highest BCUT2D eigenvalue weighted by molar-refractivity contribution is 8.13. The van der Waals surface area contributed by atoms with Gasteiger partial charge >= 0.3 is 0 Å². The first-order valence-electron chi connectivity index (χ1n) is 11.5. The van der Waals surface area contributed by atoms with Crippen molar-refractivity contribution in [3.8, 4) is 5.75 Å². The van der Waals surface area contributed by atoms with Crippen molar-refractivity contribution in [2.24, 2.45) is 21.3 Å². The van der Waals surface area contributed by atoms with E-state index >= 15 is 0 Å². The van der Waals surface area contributed by atoms with E-state index in [0.29, 0.717) is 11.3 Å². The third kappa shape index (κ3) is 4.32. The highest BCUT2D eigenvalue weighted by atomic mass is 32.2. The molecule has 1 heterocycles. The van der Waals surface area contributed by atoms with Crippen molar-refractivity contribution >= 4 is 34.1 Å². The number of ether oxygens (including phenoxy) is 1. The zero-order chi connectivity index (χ0) is 22.9. The average Bonchev–Trinajstić information content (AvgIpc) is 3.07. The van der Waals surface area contributed by atoms with Gasteiger partial charge in [0.2, 0.25) is 0 Å². The summed E-state index contributed by atoms with van der Waals surface area (Å²) in [6.07, 6.45) is 6.58. The number of anilines is 1. The Balaban J connectivity index is 1.78. The minimum Gasteiger partial charge on any atom is -0.497 e. The highest BCUT2D eigenvalue weighted by Crippen LogP contribution is 2.49. The van der Waals surface area contributed by atoms with Gasteiger partial charge in [0.05, 0.1) is 12.8 Å². The smallest absolute Gasteiger partial charge is 0.170 e. The van der Waals surface area contributed by atoms with Crippen LogP contribution in [0, 0.1) is 18.3 Å². The molecule has 0 saturated heterocycles. The zero-order valence-corrected chi connectivity index (χ0v) is 21.0. The predicted octanol–water partition coefficient (Wildman–Crippen LogP) is 7.25. The van der Waals surface area contributed by atoms with Crippen LogP contribution in [-0.2, 0) is 0 Å². The van der Waals surface area contributed by atoms with E-state index in [1.54, 1.807) is 18.9 Å². The molecule has 1 aliphatic heterocycles. The van der Waals surface area contributed by atoms with Gasteiger partial charge in [-0.25, -0.2) is 9.98 Å². The maximum Gasteiger partial charge on any atom is 0.170 e. The van der Waals surface area contributed by atoms with E-state index in [2.05, 4.69) is 75.2 Å². The second-order valence-electron chi connectivity index (χ2n) is 10.1. The third-order valence-electron chi connectivity index (χ3n) is 7.06. The lowest BCUT2D eigenvalue weighted by molar-refractivity contribution is 0.158. The number of thioether (sulfide) groups is 1. The molecule has 2 aromatic carbocycles. The summed E-state index contributed by atoms with van der Waals surface area (Å²) in [6, 6.07) is 16.8. The van der Waals surface area contributed by atoms with Gasteiger partial charge in [-0.15, -0.1) is 0 Å². The Kier molecular flexibility index (Phi) is 6.39. The largest absolute Gasteiger partial charge is 0.497 e. The maximum absolute atomic E-state index is 5.41. The van der Waals surface area contributed by atoms with Crippen LogP contribution < -0.4 is 9.64 Å². The first-order chi connectivity index (χ1) is 15.3. The molecule has 32 heavy (non-hydrogen) atoms. The standard InChI is InChI=1S/C27H35N3OS/c1-19-7-9-21(10-8-19)28-24-27(17-15-20(16-18-27)26(2,3)4)30(25(29-24)32-6)22-11-13-23(31-5)14-12-22/h7-14,20H,15-18H2,1-6H3. The summed E-state index contributed by atoms with van der Waals surface area (Å²) in [5.74, 6) is 2.54. The minimum atomic E-state index is -0.209. The lowest BCUT2D eigenvalue weighted by atomic mass is 9.66. The van der Waals surface area contributed by atoms with Crippen molar-refractivity contribution in [1.29, 1.82) is 0 Å². The van der Waals surface area contributed by atoms with Crippen LogP contribution in [0.2, 0.25) is 0 Å². The molecule has 0 unspecified atom stereocenters.